The Morgan fingerprint density at radius 1 is 1.00 bits per heavy atom. The van der Waals surface area contributed by atoms with E-state index in [-0.39, 0.29) is 13.0 Å². The van der Waals surface area contributed by atoms with Crippen LogP contribution in [0.5, 0.6) is 0 Å². The minimum atomic E-state index is -1.18. The van der Waals surface area contributed by atoms with Crippen molar-refractivity contribution < 1.29 is 29.0 Å². The lowest BCUT2D eigenvalue weighted by Gasteiger charge is -2.19. The summed E-state index contributed by atoms with van der Waals surface area (Å²) in [6.45, 7) is 4.28. The molecular weight excluding hydrogens is 354 g/mol. The molecule has 0 saturated carbocycles. The Hall–Kier alpha value is -3.10. The van der Waals surface area contributed by atoms with Gasteiger partial charge in [-0.1, -0.05) is 30.3 Å². The van der Waals surface area contributed by atoms with Crippen LogP contribution in [0, 0.1) is 0 Å². The number of carboxylic acid groups (broad SMARTS) is 1. The van der Waals surface area contributed by atoms with E-state index in [0.717, 1.165) is 5.56 Å². The van der Waals surface area contributed by atoms with E-state index in [4.69, 9.17) is 4.74 Å². The molecule has 0 radical (unpaired) electrons. The van der Waals surface area contributed by atoms with Crippen LogP contribution < -0.4 is 16.0 Å². The van der Waals surface area contributed by atoms with Gasteiger partial charge in [-0.3, -0.25) is 9.59 Å². The Labute approximate surface area is 157 Å². The number of ether oxygens (including phenoxy) is 1. The molecule has 0 spiro atoms. The van der Waals surface area contributed by atoms with Crippen molar-refractivity contribution in [3.63, 3.8) is 0 Å². The average molecular weight is 379 g/mol. The van der Waals surface area contributed by atoms with Crippen molar-refractivity contribution in [1.82, 2.24) is 16.0 Å². The van der Waals surface area contributed by atoms with E-state index in [2.05, 4.69) is 16.0 Å². The summed E-state index contributed by atoms with van der Waals surface area (Å²) in [5.41, 5.74) is 0.0706. The van der Waals surface area contributed by atoms with Gasteiger partial charge in [0.1, 0.15) is 18.2 Å². The molecule has 0 heterocycles. The van der Waals surface area contributed by atoms with Gasteiger partial charge in [0.25, 0.3) is 0 Å². The molecule has 0 aliphatic heterocycles. The van der Waals surface area contributed by atoms with E-state index < -0.39 is 42.1 Å². The molecule has 0 unspecified atom stereocenters. The molecule has 0 bridgehead atoms. The molecule has 4 N–H and O–H groups in total. The van der Waals surface area contributed by atoms with Crippen LogP contribution in [0.2, 0.25) is 0 Å². The van der Waals surface area contributed by atoms with Gasteiger partial charge in [-0.2, -0.15) is 0 Å². The average Bonchev–Trinajstić information content (AvgIpc) is 2.57. The first-order chi connectivity index (χ1) is 12.6. The molecule has 1 atom stereocenters. The van der Waals surface area contributed by atoms with Crippen molar-refractivity contribution >= 4 is 23.9 Å². The van der Waals surface area contributed by atoms with Gasteiger partial charge >= 0.3 is 12.1 Å². The van der Waals surface area contributed by atoms with Crippen LogP contribution in [-0.2, 0) is 25.5 Å². The molecule has 1 aromatic carbocycles. The molecular formula is C18H25N3O6. The zero-order chi connectivity index (χ0) is 20.4. The lowest BCUT2D eigenvalue weighted by atomic mass is 10.1. The maximum atomic E-state index is 11.9. The number of hydrogen-bond donors (Lipinski definition) is 4. The van der Waals surface area contributed by atoms with Crippen LogP contribution in [0.1, 0.15) is 26.3 Å². The van der Waals surface area contributed by atoms with Crippen molar-refractivity contribution in [1.29, 1.82) is 0 Å². The van der Waals surface area contributed by atoms with E-state index in [1.54, 1.807) is 51.1 Å². The summed E-state index contributed by atoms with van der Waals surface area (Å²) in [5, 5.41) is 16.1. The summed E-state index contributed by atoms with van der Waals surface area (Å²) < 4.78 is 4.97. The predicted molar refractivity (Wildman–Crippen MR) is 97.0 cm³/mol. The van der Waals surface area contributed by atoms with Crippen LogP contribution in [0.25, 0.3) is 0 Å². The van der Waals surface area contributed by atoms with Crippen molar-refractivity contribution in [3.8, 4) is 0 Å². The molecule has 0 fully saturated rings. The highest BCUT2D eigenvalue weighted by Gasteiger charge is 2.21. The summed E-state index contributed by atoms with van der Waals surface area (Å²) >= 11 is 0. The highest BCUT2D eigenvalue weighted by molar-refractivity contribution is 5.89. The van der Waals surface area contributed by atoms with Gasteiger partial charge in [0, 0.05) is 6.42 Å². The molecule has 0 saturated heterocycles. The molecule has 148 valence electrons. The predicted octanol–water partition coefficient (Wildman–Crippen LogP) is 0.439. The number of alkyl carbamates (subject to hydrolysis) is 1. The van der Waals surface area contributed by atoms with Crippen LogP contribution in [-0.4, -0.2) is 53.7 Å². The third kappa shape index (κ3) is 9.83. The summed E-state index contributed by atoms with van der Waals surface area (Å²) in [4.78, 5) is 46.3. The van der Waals surface area contributed by atoms with Crippen LogP contribution in [0.4, 0.5) is 4.79 Å². The van der Waals surface area contributed by atoms with Gasteiger partial charge in [0.2, 0.25) is 11.8 Å². The summed E-state index contributed by atoms with van der Waals surface area (Å²) in [6.07, 6.45) is -0.633. The number of aliphatic carboxylic acids is 1. The maximum absolute atomic E-state index is 11.9. The fraction of sp³-hybridized carbons (Fsp3) is 0.444. The molecule has 0 aliphatic rings. The van der Waals surface area contributed by atoms with Crippen LogP contribution in [0.3, 0.4) is 0 Å². The van der Waals surface area contributed by atoms with Gasteiger partial charge < -0.3 is 25.8 Å². The molecule has 1 rings (SSSR count). The topological polar surface area (TPSA) is 134 Å². The molecule has 0 aromatic heterocycles. The van der Waals surface area contributed by atoms with Gasteiger partial charge in [-0.15, -0.1) is 0 Å². The zero-order valence-corrected chi connectivity index (χ0v) is 15.6. The van der Waals surface area contributed by atoms with Crippen molar-refractivity contribution in [2.45, 2.75) is 38.8 Å². The zero-order valence-electron chi connectivity index (χ0n) is 15.6. The second-order valence-corrected chi connectivity index (χ2v) is 6.78. The number of rotatable bonds is 8. The first kappa shape index (κ1) is 21.9. The quantitative estimate of drug-likeness (QED) is 0.518. The SMILES string of the molecule is CC(C)(C)OC(=O)NCC(=O)NCC(=O)N[C@@H](Cc1ccccc1)C(=O)O. The molecule has 27 heavy (non-hydrogen) atoms. The molecule has 0 aliphatic carbocycles. The monoisotopic (exact) mass is 379 g/mol. The smallest absolute Gasteiger partial charge is 0.408 e. The van der Waals surface area contributed by atoms with Crippen LogP contribution in [0.15, 0.2) is 30.3 Å². The van der Waals surface area contributed by atoms with Gasteiger partial charge in [0.15, 0.2) is 0 Å². The number of carboxylic acids is 1. The third-order valence-corrected chi connectivity index (χ3v) is 3.15. The van der Waals surface area contributed by atoms with Crippen molar-refractivity contribution in [2.75, 3.05) is 13.1 Å². The Bertz CT molecular complexity index is 669. The van der Waals surface area contributed by atoms with Gasteiger partial charge in [0.05, 0.1) is 6.54 Å². The second-order valence-electron chi connectivity index (χ2n) is 6.78. The van der Waals surface area contributed by atoms with E-state index in [1.165, 1.54) is 0 Å². The normalized spacial score (nSPS) is 11.8. The van der Waals surface area contributed by atoms with E-state index in [1.807, 2.05) is 0 Å². The second kappa shape index (κ2) is 10.1. The summed E-state index contributed by atoms with van der Waals surface area (Å²) in [7, 11) is 0. The Morgan fingerprint density at radius 2 is 1.59 bits per heavy atom. The molecule has 9 heteroatoms. The van der Waals surface area contributed by atoms with Gasteiger partial charge in [-0.05, 0) is 26.3 Å². The fourth-order valence-corrected chi connectivity index (χ4v) is 2.00. The molecule has 3 amide bonds. The van der Waals surface area contributed by atoms with E-state index >= 15 is 0 Å². The molecule has 9 nitrogen and oxygen atoms in total. The number of hydrogen-bond acceptors (Lipinski definition) is 5. The highest BCUT2D eigenvalue weighted by atomic mass is 16.6. The fourth-order valence-electron chi connectivity index (χ4n) is 2.00. The minimum Gasteiger partial charge on any atom is -0.480 e. The van der Waals surface area contributed by atoms with Crippen molar-refractivity contribution in [2.24, 2.45) is 0 Å². The maximum Gasteiger partial charge on any atom is 0.408 e. The first-order valence-corrected chi connectivity index (χ1v) is 8.36. The highest BCUT2D eigenvalue weighted by Crippen LogP contribution is 2.06. The number of benzene rings is 1. The minimum absolute atomic E-state index is 0.121. The Balaban J connectivity index is 2.38. The summed E-state index contributed by atoms with van der Waals surface area (Å²) in [5.74, 6) is -2.43. The Kier molecular flexibility index (Phi) is 8.25. The first-order valence-electron chi connectivity index (χ1n) is 8.36. The standard InChI is InChI=1S/C18H25N3O6/c1-18(2,3)27-17(26)20-10-14(22)19-11-15(23)21-13(16(24)25)9-12-7-5-4-6-8-12/h4-8,13H,9-11H2,1-3H3,(H,19,22)(H,20,26)(H,21,23)(H,24,25)/t13-/m0/s1. The Morgan fingerprint density at radius 3 is 2.15 bits per heavy atom. The lowest BCUT2D eigenvalue weighted by Crippen LogP contribution is -2.48. The third-order valence-electron chi connectivity index (χ3n) is 3.15. The van der Waals surface area contributed by atoms with Crippen molar-refractivity contribution in [3.05, 3.63) is 35.9 Å². The van der Waals surface area contributed by atoms with Gasteiger partial charge in [-0.25, -0.2) is 9.59 Å². The summed E-state index contributed by atoms with van der Waals surface area (Å²) in [6, 6.07) is 7.75. The number of nitrogens with one attached hydrogen (secondary N) is 3. The number of carbonyl (C=O) groups excluding carboxylic acids is 3. The number of carbonyl (C=O) groups is 4. The van der Waals surface area contributed by atoms with Crippen LogP contribution >= 0.6 is 0 Å². The van der Waals surface area contributed by atoms with E-state index in [0.29, 0.717) is 0 Å². The largest absolute Gasteiger partial charge is 0.480 e. The number of amides is 3. The molecule has 1 aromatic rings. The lowest BCUT2D eigenvalue weighted by molar-refractivity contribution is -0.141. The van der Waals surface area contributed by atoms with E-state index in [9.17, 15) is 24.3 Å².